The van der Waals surface area contributed by atoms with Gasteiger partial charge in [0.1, 0.15) is 0 Å². The van der Waals surface area contributed by atoms with Crippen LogP contribution >= 0.6 is 7.14 Å². The van der Waals surface area contributed by atoms with E-state index in [2.05, 4.69) is 103 Å². The van der Waals surface area contributed by atoms with Gasteiger partial charge in [0.2, 0.25) is 0 Å². The first kappa shape index (κ1) is 26.0. The second-order valence-electron chi connectivity index (χ2n) is 10.6. The van der Waals surface area contributed by atoms with Crippen molar-refractivity contribution in [3.05, 3.63) is 187 Å². The number of hydrogen-bond donors (Lipinski definition) is 0. The predicted molar refractivity (Wildman–Crippen MR) is 181 cm³/mol. The highest BCUT2D eigenvalue weighted by atomic mass is 31.2. The van der Waals surface area contributed by atoms with E-state index in [0.29, 0.717) is 0 Å². The Kier molecular flexibility index (Phi) is 6.88. The first-order chi connectivity index (χ1) is 20.7. The third-order valence-electron chi connectivity index (χ3n) is 7.93. The van der Waals surface area contributed by atoms with E-state index >= 15 is 0 Å². The Bertz CT molecular complexity index is 1970. The molecule has 0 heterocycles. The summed E-state index contributed by atoms with van der Waals surface area (Å²) in [7, 11) is -3.02. The summed E-state index contributed by atoms with van der Waals surface area (Å²) in [5.74, 6) is 0. The Morgan fingerprint density at radius 3 is 1.29 bits per heavy atom. The molecule has 0 unspecified atom stereocenters. The number of fused-ring (bicyclic) bond motifs is 2. The Morgan fingerprint density at radius 1 is 0.405 bits per heavy atom. The third kappa shape index (κ3) is 4.90. The number of hydrogen-bond acceptors (Lipinski definition) is 1. The molecule has 0 N–H and O–H groups in total. The summed E-state index contributed by atoms with van der Waals surface area (Å²) in [5, 5.41) is 7.38. The summed E-state index contributed by atoms with van der Waals surface area (Å²) in [6.45, 7) is 0. The summed E-state index contributed by atoms with van der Waals surface area (Å²) in [6.07, 6.45) is 2.24. The van der Waals surface area contributed by atoms with Crippen molar-refractivity contribution in [1.29, 1.82) is 0 Å². The van der Waals surface area contributed by atoms with Crippen molar-refractivity contribution in [3.63, 3.8) is 0 Å². The van der Waals surface area contributed by atoms with Crippen LogP contribution in [0.25, 0.3) is 33.2 Å². The van der Waals surface area contributed by atoms with Gasteiger partial charge in [0.25, 0.3) is 0 Å². The van der Waals surface area contributed by atoms with Crippen LogP contribution in [0, 0.1) is 0 Å². The molecule has 0 saturated carbocycles. The van der Waals surface area contributed by atoms with Crippen LogP contribution < -0.4 is 15.9 Å². The van der Waals surface area contributed by atoms with Gasteiger partial charge in [-0.2, -0.15) is 0 Å². The van der Waals surface area contributed by atoms with Crippen LogP contribution in [0.2, 0.25) is 0 Å². The van der Waals surface area contributed by atoms with Crippen molar-refractivity contribution in [2.45, 2.75) is 0 Å². The van der Waals surface area contributed by atoms with E-state index < -0.39 is 7.14 Å². The standard InChI is InChI=1S/C40H29OP/c41-42(37-15-3-1-4-16-37,38-17-5-2-6-18-38)39-25-19-30(20-26-39)27-40(35-23-21-31-11-7-9-13-33(31)28-35)36-24-22-32-12-8-10-14-34(32)29-36/h1-29H. The van der Waals surface area contributed by atoms with Crippen LogP contribution in [0.4, 0.5) is 0 Å². The highest BCUT2D eigenvalue weighted by Gasteiger charge is 2.29. The summed E-state index contributed by atoms with van der Waals surface area (Å²) in [5.41, 5.74) is 4.52. The zero-order chi connectivity index (χ0) is 28.4. The van der Waals surface area contributed by atoms with Crippen LogP contribution in [0.5, 0.6) is 0 Å². The fourth-order valence-electron chi connectivity index (χ4n) is 5.72. The monoisotopic (exact) mass is 556 g/mol. The van der Waals surface area contributed by atoms with E-state index in [1.807, 2.05) is 72.8 Å². The van der Waals surface area contributed by atoms with Crippen LogP contribution in [-0.2, 0) is 4.57 Å². The molecule has 0 aromatic heterocycles. The van der Waals surface area contributed by atoms with Crippen LogP contribution in [0.15, 0.2) is 170 Å². The van der Waals surface area contributed by atoms with Gasteiger partial charge in [-0.3, -0.25) is 0 Å². The lowest BCUT2D eigenvalue weighted by molar-refractivity contribution is 0.592. The summed E-state index contributed by atoms with van der Waals surface area (Å²) in [4.78, 5) is 0. The molecule has 200 valence electrons. The maximum Gasteiger partial charge on any atom is 0.171 e. The van der Waals surface area contributed by atoms with Gasteiger partial charge < -0.3 is 4.57 Å². The van der Waals surface area contributed by atoms with Crippen molar-refractivity contribution in [1.82, 2.24) is 0 Å². The SMILES string of the molecule is O=P(c1ccccc1)(c1ccccc1)c1ccc(C=C(c2ccc3ccccc3c2)c2ccc3ccccc3c2)cc1. The normalized spacial score (nSPS) is 11.4. The van der Waals surface area contributed by atoms with Crippen LogP contribution in [0.1, 0.15) is 16.7 Å². The molecule has 0 aliphatic heterocycles. The largest absolute Gasteiger partial charge is 0.309 e. The lowest BCUT2D eigenvalue weighted by Gasteiger charge is -2.20. The molecule has 7 rings (SSSR count). The highest BCUT2D eigenvalue weighted by molar-refractivity contribution is 7.85. The van der Waals surface area contributed by atoms with Gasteiger partial charge in [-0.15, -0.1) is 0 Å². The summed E-state index contributed by atoms with van der Waals surface area (Å²) >= 11 is 0. The van der Waals surface area contributed by atoms with Crippen molar-refractivity contribution in [2.24, 2.45) is 0 Å². The lowest BCUT2D eigenvalue weighted by Crippen LogP contribution is -2.24. The average molecular weight is 557 g/mol. The predicted octanol–water partition coefficient (Wildman–Crippen LogP) is 9.22. The van der Waals surface area contributed by atoms with E-state index in [1.54, 1.807) is 0 Å². The van der Waals surface area contributed by atoms with E-state index in [1.165, 1.54) is 21.5 Å². The van der Waals surface area contributed by atoms with Crippen molar-refractivity contribution < 1.29 is 4.57 Å². The quantitative estimate of drug-likeness (QED) is 0.147. The average Bonchev–Trinajstić information content (AvgIpc) is 3.07. The first-order valence-electron chi connectivity index (χ1n) is 14.2. The molecular formula is C40H29OP. The van der Waals surface area contributed by atoms with E-state index in [4.69, 9.17) is 0 Å². The maximum atomic E-state index is 14.8. The van der Waals surface area contributed by atoms with Gasteiger partial charge in [-0.25, -0.2) is 0 Å². The van der Waals surface area contributed by atoms with E-state index in [0.717, 1.165) is 38.2 Å². The van der Waals surface area contributed by atoms with Gasteiger partial charge in [0, 0.05) is 15.9 Å². The van der Waals surface area contributed by atoms with E-state index in [-0.39, 0.29) is 0 Å². The molecule has 0 atom stereocenters. The lowest BCUT2D eigenvalue weighted by atomic mass is 9.92. The number of rotatable bonds is 6. The molecule has 0 bridgehead atoms. The van der Waals surface area contributed by atoms with Crippen LogP contribution in [0.3, 0.4) is 0 Å². The molecule has 0 fully saturated rings. The minimum atomic E-state index is -3.02. The van der Waals surface area contributed by atoms with Gasteiger partial charge in [-0.05, 0) is 62.0 Å². The topological polar surface area (TPSA) is 17.1 Å². The fraction of sp³-hybridized carbons (Fsp3) is 0. The van der Waals surface area contributed by atoms with Gasteiger partial charge >= 0.3 is 0 Å². The molecule has 0 aliphatic rings. The fourth-order valence-corrected chi connectivity index (χ4v) is 8.36. The van der Waals surface area contributed by atoms with Gasteiger partial charge in [-0.1, -0.05) is 158 Å². The molecule has 1 nitrogen and oxygen atoms in total. The van der Waals surface area contributed by atoms with Crippen LogP contribution in [-0.4, -0.2) is 0 Å². The summed E-state index contributed by atoms with van der Waals surface area (Å²) in [6, 6.07) is 58.2. The first-order valence-corrected chi connectivity index (χ1v) is 15.9. The second kappa shape index (κ2) is 11.1. The zero-order valence-electron chi connectivity index (χ0n) is 23.1. The highest BCUT2D eigenvalue weighted by Crippen LogP contribution is 2.42. The molecule has 0 radical (unpaired) electrons. The molecule has 0 spiro atoms. The second-order valence-corrected chi connectivity index (χ2v) is 13.3. The minimum Gasteiger partial charge on any atom is -0.309 e. The number of benzene rings is 7. The molecule has 0 aliphatic carbocycles. The Balaban J connectivity index is 1.36. The Hall–Kier alpha value is -4.97. The van der Waals surface area contributed by atoms with Gasteiger partial charge in [0.15, 0.2) is 7.14 Å². The molecule has 2 heteroatoms. The smallest absolute Gasteiger partial charge is 0.171 e. The maximum absolute atomic E-state index is 14.8. The van der Waals surface area contributed by atoms with Crippen molar-refractivity contribution >= 4 is 56.2 Å². The van der Waals surface area contributed by atoms with Gasteiger partial charge in [0.05, 0.1) is 0 Å². The molecule has 42 heavy (non-hydrogen) atoms. The Morgan fingerprint density at radius 2 is 0.810 bits per heavy atom. The van der Waals surface area contributed by atoms with Crippen molar-refractivity contribution in [2.75, 3.05) is 0 Å². The summed E-state index contributed by atoms with van der Waals surface area (Å²) < 4.78 is 14.8. The minimum absolute atomic E-state index is 0.829. The molecule has 0 amide bonds. The molecule has 7 aromatic rings. The molecule has 0 saturated heterocycles. The third-order valence-corrected chi connectivity index (χ3v) is 11.0. The van der Waals surface area contributed by atoms with E-state index in [9.17, 15) is 4.57 Å². The molecular weight excluding hydrogens is 527 g/mol. The molecule has 7 aromatic carbocycles. The zero-order valence-corrected chi connectivity index (χ0v) is 24.0. The Labute approximate surface area is 246 Å². The van der Waals surface area contributed by atoms with Crippen molar-refractivity contribution in [3.8, 4) is 0 Å².